The van der Waals surface area contributed by atoms with Crippen LogP contribution in [-0.4, -0.2) is 12.1 Å². The minimum absolute atomic E-state index is 0.129. The number of fused-ring (bicyclic) bond motifs is 1. The van der Waals surface area contributed by atoms with Gasteiger partial charge in [-0.05, 0) is 37.5 Å². The highest BCUT2D eigenvalue weighted by Gasteiger charge is 2.74. The molecule has 4 aliphatic rings. The first-order valence-electron chi connectivity index (χ1n) is 5.01. The van der Waals surface area contributed by atoms with Gasteiger partial charge in [0.05, 0.1) is 5.92 Å². The molecular weight excluding hydrogens is 152 g/mol. The molecule has 0 radical (unpaired) electrons. The van der Waals surface area contributed by atoms with Crippen molar-refractivity contribution in [3.63, 3.8) is 0 Å². The number of ether oxygens (including phenoxy) is 1. The quantitative estimate of drug-likeness (QED) is 0.505. The van der Waals surface area contributed by atoms with Crippen LogP contribution in [0.15, 0.2) is 0 Å². The van der Waals surface area contributed by atoms with E-state index in [0.29, 0.717) is 17.4 Å². The lowest BCUT2D eigenvalue weighted by Gasteiger charge is -2.47. The minimum atomic E-state index is 0.129. The molecule has 0 aromatic heterocycles. The van der Waals surface area contributed by atoms with Crippen LogP contribution in [-0.2, 0) is 9.53 Å². The van der Waals surface area contributed by atoms with Gasteiger partial charge in [-0.25, -0.2) is 0 Å². The molecular formula is C10H12O2. The summed E-state index contributed by atoms with van der Waals surface area (Å²) >= 11 is 0. The predicted molar refractivity (Wildman–Crippen MR) is 41.3 cm³/mol. The Morgan fingerprint density at radius 1 is 1.33 bits per heavy atom. The largest absolute Gasteiger partial charge is 0.461 e. The molecule has 5 atom stereocenters. The van der Waals surface area contributed by atoms with Gasteiger partial charge < -0.3 is 4.74 Å². The van der Waals surface area contributed by atoms with E-state index in [1.54, 1.807) is 0 Å². The SMILES string of the molecule is O=C1OC2CC3CC4CC1C32C4. The summed E-state index contributed by atoms with van der Waals surface area (Å²) in [6.45, 7) is 0. The maximum absolute atomic E-state index is 11.5. The van der Waals surface area contributed by atoms with Crippen LogP contribution in [0.4, 0.5) is 0 Å². The van der Waals surface area contributed by atoms with Crippen molar-refractivity contribution in [1.29, 1.82) is 0 Å². The van der Waals surface area contributed by atoms with Gasteiger partial charge in [-0.3, -0.25) is 4.79 Å². The molecule has 0 aromatic rings. The topological polar surface area (TPSA) is 26.3 Å². The van der Waals surface area contributed by atoms with E-state index in [1.165, 1.54) is 19.3 Å². The summed E-state index contributed by atoms with van der Waals surface area (Å²) in [5.41, 5.74) is 0.377. The molecule has 0 amide bonds. The molecule has 2 nitrogen and oxygen atoms in total. The first kappa shape index (κ1) is 6.01. The van der Waals surface area contributed by atoms with E-state index in [4.69, 9.17) is 4.74 Å². The minimum Gasteiger partial charge on any atom is -0.461 e. The Hall–Kier alpha value is -0.530. The van der Waals surface area contributed by atoms with Crippen LogP contribution in [0.25, 0.3) is 0 Å². The standard InChI is InChI=1S/C10H12O2/c11-9-7-2-5-1-6-3-8(12-9)10(6,7)4-5/h5-8H,1-4H2. The van der Waals surface area contributed by atoms with Crippen LogP contribution in [0.3, 0.4) is 0 Å². The molecule has 5 unspecified atom stereocenters. The Bertz CT molecular complexity index is 286. The molecule has 4 rings (SSSR count). The summed E-state index contributed by atoms with van der Waals surface area (Å²) in [6.07, 6.45) is 5.36. The maximum atomic E-state index is 11.5. The van der Waals surface area contributed by atoms with Crippen LogP contribution in [0.1, 0.15) is 25.7 Å². The average molecular weight is 164 g/mol. The van der Waals surface area contributed by atoms with Crippen LogP contribution >= 0.6 is 0 Å². The normalized spacial score (nSPS) is 64.5. The number of hydrogen-bond donors (Lipinski definition) is 0. The Kier molecular flexibility index (Phi) is 0.724. The molecule has 1 saturated heterocycles. The van der Waals surface area contributed by atoms with Crippen molar-refractivity contribution >= 4 is 5.97 Å². The Morgan fingerprint density at radius 2 is 2.25 bits per heavy atom. The van der Waals surface area contributed by atoms with Crippen molar-refractivity contribution in [2.24, 2.45) is 23.2 Å². The summed E-state index contributed by atoms with van der Waals surface area (Å²) in [5, 5.41) is 0. The van der Waals surface area contributed by atoms with Crippen LogP contribution in [0.5, 0.6) is 0 Å². The number of carbonyl (C=O) groups is 1. The highest BCUT2D eigenvalue weighted by molar-refractivity contribution is 5.78. The highest BCUT2D eigenvalue weighted by atomic mass is 16.6. The van der Waals surface area contributed by atoms with E-state index in [0.717, 1.165) is 18.3 Å². The van der Waals surface area contributed by atoms with Gasteiger partial charge in [-0.15, -0.1) is 0 Å². The Balaban J connectivity index is 1.91. The zero-order valence-corrected chi connectivity index (χ0v) is 6.95. The first-order valence-corrected chi connectivity index (χ1v) is 5.01. The maximum Gasteiger partial charge on any atom is 0.309 e. The zero-order valence-electron chi connectivity index (χ0n) is 6.95. The van der Waals surface area contributed by atoms with Crippen molar-refractivity contribution in [3.05, 3.63) is 0 Å². The van der Waals surface area contributed by atoms with Gasteiger partial charge in [-0.2, -0.15) is 0 Å². The van der Waals surface area contributed by atoms with Crippen LogP contribution < -0.4 is 0 Å². The fraction of sp³-hybridized carbons (Fsp3) is 0.900. The van der Waals surface area contributed by atoms with Crippen LogP contribution in [0, 0.1) is 23.2 Å². The lowest BCUT2D eigenvalue weighted by molar-refractivity contribution is -0.147. The summed E-state index contributed by atoms with van der Waals surface area (Å²) in [7, 11) is 0. The predicted octanol–water partition coefficient (Wildman–Crippen LogP) is 1.35. The average Bonchev–Trinajstić information content (AvgIpc) is 2.61. The van der Waals surface area contributed by atoms with E-state index in [1.807, 2.05) is 0 Å². The van der Waals surface area contributed by atoms with Gasteiger partial charge in [0, 0.05) is 5.41 Å². The van der Waals surface area contributed by atoms with Gasteiger partial charge in [0.15, 0.2) is 0 Å². The summed E-state index contributed by atoms with van der Waals surface area (Å²) in [5.74, 6) is 2.18. The van der Waals surface area contributed by atoms with Gasteiger partial charge in [0.25, 0.3) is 0 Å². The molecule has 2 heteroatoms. The summed E-state index contributed by atoms with van der Waals surface area (Å²) in [6, 6.07) is 0. The zero-order chi connectivity index (χ0) is 7.92. The second kappa shape index (κ2) is 1.45. The summed E-state index contributed by atoms with van der Waals surface area (Å²) < 4.78 is 5.38. The lowest BCUT2D eigenvalue weighted by Crippen LogP contribution is -2.49. The second-order valence-corrected chi connectivity index (χ2v) is 5.06. The Labute approximate surface area is 71.3 Å². The number of hydrogen-bond acceptors (Lipinski definition) is 2. The highest BCUT2D eigenvalue weighted by Crippen LogP contribution is 2.73. The van der Waals surface area contributed by atoms with E-state index in [2.05, 4.69) is 0 Å². The smallest absolute Gasteiger partial charge is 0.309 e. The second-order valence-electron chi connectivity index (χ2n) is 5.06. The fourth-order valence-electron chi connectivity index (χ4n) is 4.48. The molecule has 2 bridgehead atoms. The van der Waals surface area contributed by atoms with Crippen LogP contribution in [0.2, 0.25) is 0 Å². The van der Waals surface area contributed by atoms with E-state index < -0.39 is 0 Å². The molecule has 4 fully saturated rings. The molecule has 3 aliphatic carbocycles. The monoisotopic (exact) mass is 164 g/mol. The number of esters is 1. The third kappa shape index (κ3) is 0.377. The molecule has 64 valence electrons. The molecule has 12 heavy (non-hydrogen) atoms. The van der Waals surface area contributed by atoms with Gasteiger partial charge in [-0.1, -0.05) is 0 Å². The molecule has 1 aliphatic heterocycles. The van der Waals surface area contributed by atoms with Crippen molar-refractivity contribution in [2.45, 2.75) is 31.8 Å². The van der Waals surface area contributed by atoms with E-state index in [9.17, 15) is 4.79 Å². The lowest BCUT2D eigenvalue weighted by atomic mass is 9.55. The molecule has 3 saturated carbocycles. The third-order valence-electron chi connectivity index (χ3n) is 4.88. The number of carbonyl (C=O) groups excluding carboxylic acids is 1. The van der Waals surface area contributed by atoms with E-state index >= 15 is 0 Å². The molecule has 0 N–H and O–H groups in total. The summed E-state index contributed by atoms with van der Waals surface area (Å²) in [4.78, 5) is 11.5. The van der Waals surface area contributed by atoms with Crippen molar-refractivity contribution in [1.82, 2.24) is 0 Å². The van der Waals surface area contributed by atoms with Gasteiger partial charge in [0.1, 0.15) is 6.10 Å². The van der Waals surface area contributed by atoms with Crippen molar-refractivity contribution < 1.29 is 9.53 Å². The Morgan fingerprint density at radius 3 is 3.00 bits per heavy atom. The number of rotatable bonds is 0. The first-order chi connectivity index (χ1) is 5.80. The fourth-order valence-corrected chi connectivity index (χ4v) is 4.48. The van der Waals surface area contributed by atoms with E-state index in [-0.39, 0.29) is 5.97 Å². The van der Waals surface area contributed by atoms with Crippen molar-refractivity contribution in [2.75, 3.05) is 0 Å². The van der Waals surface area contributed by atoms with Crippen molar-refractivity contribution in [3.8, 4) is 0 Å². The van der Waals surface area contributed by atoms with Gasteiger partial charge >= 0.3 is 5.97 Å². The van der Waals surface area contributed by atoms with Gasteiger partial charge in [0.2, 0.25) is 0 Å². The molecule has 1 spiro atoms. The third-order valence-corrected chi connectivity index (χ3v) is 4.88. The molecule has 0 aromatic carbocycles. The molecule has 1 heterocycles.